The van der Waals surface area contributed by atoms with Crippen LogP contribution in [0.25, 0.3) is 16.7 Å². The summed E-state index contributed by atoms with van der Waals surface area (Å²) < 4.78 is 57.4. The number of allylic oxidation sites excluding steroid dienone is 2. The Bertz CT molecular complexity index is 1450. The third kappa shape index (κ3) is 4.95. The van der Waals surface area contributed by atoms with Gasteiger partial charge in [-0.15, -0.1) is 11.3 Å². The van der Waals surface area contributed by atoms with Crippen molar-refractivity contribution >= 4 is 46.3 Å². The third-order valence-corrected chi connectivity index (χ3v) is 6.96. The number of hydrogen-bond donors (Lipinski definition) is 1. The van der Waals surface area contributed by atoms with Crippen LogP contribution in [-0.2, 0) is 0 Å². The molecule has 12 heteroatoms. The van der Waals surface area contributed by atoms with Crippen LogP contribution >= 0.6 is 34.9 Å². The number of furan rings is 1. The molecule has 184 valence electrons. The molecule has 36 heavy (non-hydrogen) atoms. The summed E-state index contributed by atoms with van der Waals surface area (Å²) in [6, 6.07) is 5.89. The summed E-state index contributed by atoms with van der Waals surface area (Å²) in [5, 5.41) is 1.96. The van der Waals surface area contributed by atoms with Crippen molar-refractivity contribution in [3.63, 3.8) is 0 Å². The number of aromatic nitrogens is 2. The fourth-order valence-corrected chi connectivity index (χ4v) is 4.85. The van der Waals surface area contributed by atoms with Gasteiger partial charge in [0.05, 0.1) is 39.8 Å². The monoisotopic (exact) mass is 548 g/mol. The SMILES string of the molecule is CN1C(F)=CC=C(c2cc(-c3ccoc3)c(Oc3cc(F)c(SNc4cscn4)cc3Cl)cn2)C1F. The predicted molar refractivity (Wildman–Crippen MR) is 135 cm³/mol. The van der Waals surface area contributed by atoms with Crippen molar-refractivity contribution in [3.8, 4) is 22.6 Å². The lowest BCUT2D eigenvalue weighted by atomic mass is 10.0. The maximum atomic E-state index is 14.8. The number of halogens is 4. The van der Waals surface area contributed by atoms with Gasteiger partial charge in [0, 0.05) is 35.2 Å². The van der Waals surface area contributed by atoms with Gasteiger partial charge in [-0.05, 0) is 42.3 Å². The Morgan fingerprint density at radius 3 is 2.81 bits per heavy atom. The second kappa shape index (κ2) is 10.3. The Morgan fingerprint density at radius 1 is 1.19 bits per heavy atom. The molecular formula is C24H16ClF3N4O2S2. The van der Waals surface area contributed by atoms with Gasteiger partial charge in [0.15, 0.2) is 11.7 Å². The number of likely N-dealkylation sites (N-methyl/N-ethyl adjacent to an activating group) is 1. The van der Waals surface area contributed by atoms with Gasteiger partial charge in [-0.25, -0.2) is 13.8 Å². The van der Waals surface area contributed by atoms with Crippen molar-refractivity contribution in [1.29, 1.82) is 0 Å². The summed E-state index contributed by atoms with van der Waals surface area (Å²) in [5.74, 6) is -0.340. The van der Waals surface area contributed by atoms with Gasteiger partial charge in [0.25, 0.3) is 0 Å². The largest absolute Gasteiger partial charge is 0.472 e. The number of ether oxygens (including phenoxy) is 1. The van der Waals surface area contributed by atoms with E-state index in [1.165, 1.54) is 61.4 Å². The Morgan fingerprint density at radius 2 is 2.06 bits per heavy atom. The number of hydrogen-bond acceptors (Lipinski definition) is 8. The van der Waals surface area contributed by atoms with Gasteiger partial charge in [-0.1, -0.05) is 11.6 Å². The highest BCUT2D eigenvalue weighted by Gasteiger charge is 2.27. The highest BCUT2D eigenvalue weighted by Crippen LogP contribution is 2.40. The molecule has 0 radical (unpaired) electrons. The average molecular weight is 549 g/mol. The van der Waals surface area contributed by atoms with Crippen LogP contribution < -0.4 is 9.46 Å². The lowest BCUT2D eigenvalue weighted by molar-refractivity contribution is 0.164. The number of nitrogens with zero attached hydrogens (tertiary/aromatic N) is 3. The van der Waals surface area contributed by atoms with Gasteiger partial charge in [0.1, 0.15) is 17.4 Å². The molecule has 1 aliphatic heterocycles. The molecule has 0 saturated heterocycles. The summed E-state index contributed by atoms with van der Waals surface area (Å²) >= 11 is 8.84. The first-order valence-corrected chi connectivity index (χ1v) is 12.5. The maximum Gasteiger partial charge on any atom is 0.201 e. The molecule has 0 bridgehead atoms. The molecule has 5 rings (SSSR count). The number of thiazole rings is 1. The van der Waals surface area contributed by atoms with Gasteiger partial charge in [0.2, 0.25) is 6.30 Å². The molecule has 0 spiro atoms. The highest BCUT2D eigenvalue weighted by atomic mass is 35.5. The first-order valence-electron chi connectivity index (χ1n) is 10.4. The van der Waals surface area contributed by atoms with E-state index in [1.54, 1.807) is 23.0 Å². The van der Waals surface area contributed by atoms with E-state index in [-0.39, 0.29) is 32.7 Å². The molecule has 1 N–H and O–H groups in total. The van der Waals surface area contributed by atoms with E-state index < -0.39 is 18.1 Å². The number of nitrogens with one attached hydrogen (secondary N) is 1. The van der Waals surface area contributed by atoms with Gasteiger partial charge in [-0.3, -0.25) is 4.98 Å². The molecule has 1 aromatic carbocycles. The van der Waals surface area contributed by atoms with Crippen LogP contribution in [0.5, 0.6) is 11.5 Å². The van der Waals surface area contributed by atoms with Crippen LogP contribution in [-0.4, -0.2) is 28.2 Å². The topological polar surface area (TPSA) is 63.4 Å². The summed E-state index contributed by atoms with van der Waals surface area (Å²) in [4.78, 5) is 9.51. The summed E-state index contributed by atoms with van der Waals surface area (Å²) in [5.41, 5.74) is 3.23. The maximum absolute atomic E-state index is 14.8. The molecule has 1 atom stereocenters. The Hall–Kier alpha value is -3.41. The minimum Gasteiger partial charge on any atom is -0.472 e. The first kappa shape index (κ1) is 24.3. The van der Waals surface area contributed by atoms with E-state index in [4.69, 9.17) is 20.8 Å². The van der Waals surface area contributed by atoms with E-state index in [0.29, 0.717) is 16.9 Å². The summed E-state index contributed by atoms with van der Waals surface area (Å²) in [6.07, 6.45) is 5.10. The van der Waals surface area contributed by atoms with E-state index in [1.807, 2.05) is 0 Å². The summed E-state index contributed by atoms with van der Waals surface area (Å²) in [6.45, 7) is 0. The summed E-state index contributed by atoms with van der Waals surface area (Å²) in [7, 11) is 1.31. The molecule has 3 aromatic heterocycles. The van der Waals surface area contributed by atoms with Crippen molar-refractivity contribution in [2.24, 2.45) is 0 Å². The molecule has 4 heterocycles. The van der Waals surface area contributed by atoms with Crippen molar-refractivity contribution in [3.05, 3.63) is 88.5 Å². The number of benzene rings is 1. The van der Waals surface area contributed by atoms with Crippen molar-refractivity contribution in [2.75, 3.05) is 11.8 Å². The second-order valence-electron chi connectivity index (χ2n) is 7.53. The van der Waals surface area contributed by atoms with E-state index in [9.17, 15) is 13.2 Å². The predicted octanol–water partition coefficient (Wildman–Crippen LogP) is 7.94. The zero-order valence-electron chi connectivity index (χ0n) is 18.4. The average Bonchev–Trinajstić information content (AvgIpc) is 3.59. The molecule has 1 aliphatic rings. The van der Waals surface area contributed by atoms with Crippen molar-refractivity contribution in [2.45, 2.75) is 11.2 Å². The number of rotatable bonds is 7. The molecular weight excluding hydrogens is 533 g/mol. The van der Waals surface area contributed by atoms with Crippen LogP contribution in [0.3, 0.4) is 0 Å². The van der Waals surface area contributed by atoms with Crippen LogP contribution in [0.2, 0.25) is 5.02 Å². The number of pyridine rings is 1. The quantitative estimate of drug-likeness (QED) is 0.186. The zero-order chi connectivity index (χ0) is 25.2. The van der Waals surface area contributed by atoms with Gasteiger partial charge < -0.3 is 18.8 Å². The van der Waals surface area contributed by atoms with E-state index in [0.717, 1.165) is 16.8 Å². The lowest BCUT2D eigenvalue weighted by Gasteiger charge is -2.26. The molecule has 1 unspecified atom stereocenters. The van der Waals surface area contributed by atoms with Crippen LogP contribution in [0.1, 0.15) is 5.69 Å². The molecule has 6 nitrogen and oxygen atoms in total. The minimum atomic E-state index is -1.72. The van der Waals surface area contributed by atoms with E-state index >= 15 is 0 Å². The zero-order valence-corrected chi connectivity index (χ0v) is 20.8. The number of anilines is 1. The molecule has 0 fully saturated rings. The third-order valence-electron chi connectivity index (χ3n) is 5.23. The Kier molecular flexibility index (Phi) is 6.95. The van der Waals surface area contributed by atoms with Crippen LogP contribution in [0.4, 0.5) is 19.0 Å². The minimum absolute atomic E-state index is 0.0662. The highest BCUT2D eigenvalue weighted by molar-refractivity contribution is 8.00. The fourth-order valence-electron chi connectivity index (χ4n) is 3.36. The van der Waals surface area contributed by atoms with Crippen LogP contribution in [0.15, 0.2) is 81.3 Å². The molecule has 0 aliphatic carbocycles. The van der Waals surface area contributed by atoms with Crippen molar-refractivity contribution < 1.29 is 22.3 Å². The van der Waals surface area contributed by atoms with Gasteiger partial charge in [-0.2, -0.15) is 4.39 Å². The fraction of sp³-hybridized carbons (Fsp3) is 0.0833. The standard InChI is InChI=1S/C24H16ClF3N4O2S2/c1-32-22(27)3-2-14(24(32)28)18-6-15(13-4-5-33-10-13)20(9-29-18)34-19-8-17(26)21(7-16(19)25)36-31-23-11-35-12-30-23/h2-12,24,31H,1H3. The lowest BCUT2D eigenvalue weighted by Crippen LogP contribution is -2.29. The van der Waals surface area contributed by atoms with E-state index in [2.05, 4.69) is 14.7 Å². The smallest absolute Gasteiger partial charge is 0.201 e. The first-order chi connectivity index (χ1) is 17.4. The van der Waals surface area contributed by atoms with Crippen LogP contribution in [0, 0.1) is 5.82 Å². The number of alkyl halides is 1. The molecule has 0 amide bonds. The Labute approximate surface area is 217 Å². The second-order valence-corrected chi connectivity index (χ2v) is 9.50. The normalized spacial score (nSPS) is 15.5. The Balaban J connectivity index is 1.46. The van der Waals surface area contributed by atoms with Crippen molar-refractivity contribution in [1.82, 2.24) is 14.9 Å². The molecule has 0 saturated carbocycles. The van der Waals surface area contributed by atoms with Gasteiger partial charge >= 0.3 is 0 Å². The molecule has 4 aromatic rings.